The van der Waals surface area contributed by atoms with Gasteiger partial charge in [0.1, 0.15) is 0 Å². The molecule has 2 heterocycles. The van der Waals surface area contributed by atoms with E-state index in [9.17, 15) is 0 Å². The van der Waals surface area contributed by atoms with Crippen LogP contribution in [0.1, 0.15) is 16.3 Å². The Kier molecular flexibility index (Phi) is 6.71. The van der Waals surface area contributed by atoms with Gasteiger partial charge in [0.2, 0.25) is 0 Å². The molecule has 0 saturated carbocycles. The van der Waals surface area contributed by atoms with Crippen LogP contribution in [0.3, 0.4) is 0 Å². The number of ether oxygens (including phenoxy) is 1. The molecule has 0 radical (unpaired) electrons. The van der Waals surface area contributed by atoms with Crippen LogP contribution in [-0.2, 0) is 23.5 Å². The number of thiazole rings is 1. The van der Waals surface area contributed by atoms with Gasteiger partial charge in [-0.05, 0) is 5.56 Å². The van der Waals surface area contributed by atoms with E-state index < -0.39 is 0 Å². The predicted molar refractivity (Wildman–Crippen MR) is 118 cm³/mol. The Balaban J connectivity index is 1.46. The summed E-state index contributed by atoms with van der Waals surface area (Å²) in [5.74, 6) is 1.64. The molecule has 0 fully saturated rings. The molecule has 2 aromatic heterocycles. The zero-order valence-electron chi connectivity index (χ0n) is 16.2. The molecule has 0 N–H and O–H groups in total. The van der Waals surface area contributed by atoms with Gasteiger partial charge in [0.05, 0.1) is 23.9 Å². The van der Waals surface area contributed by atoms with E-state index in [4.69, 9.17) is 9.72 Å². The molecule has 4 aromatic rings. The van der Waals surface area contributed by atoms with E-state index in [1.807, 2.05) is 24.3 Å². The van der Waals surface area contributed by atoms with Crippen LogP contribution in [0.2, 0.25) is 0 Å². The summed E-state index contributed by atoms with van der Waals surface area (Å²) in [7, 11) is 1.71. The largest absolute Gasteiger partial charge is 0.383 e. The van der Waals surface area contributed by atoms with Crippen molar-refractivity contribution in [2.45, 2.75) is 23.9 Å². The lowest BCUT2D eigenvalue weighted by Gasteiger charge is -2.09. The Morgan fingerprint density at radius 1 is 1.00 bits per heavy atom. The number of aromatic nitrogens is 4. The highest BCUT2D eigenvalue weighted by atomic mass is 32.2. The minimum Gasteiger partial charge on any atom is -0.383 e. The third kappa shape index (κ3) is 5.12. The molecular formula is C22H22N4OS2. The highest BCUT2D eigenvalue weighted by Gasteiger charge is 2.15. The molecule has 7 heteroatoms. The van der Waals surface area contributed by atoms with E-state index in [0.717, 1.165) is 39.4 Å². The molecule has 2 aromatic carbocycles. The number of thioether (sulfide) groups is 1. The smallest absolute Gasteiger partial charge is 0.191 e. The van der Waals surface area contributed by atoms with Gasteiger partial charge in [-0.15, -0.1) is 21.5 Å². The maximum atomic E-state index is 5.29. The molecule has 0 bridgehead atoms. The van der Waals surface area contributed by atoms with Crippen molar-refractivity contribution in [3.8, 4) is 11.4 Å². The summed E-state index contributed by atoms with van der Waals surface area (Å²) in [6.07, 6.45) is 0.873. The van der Waals surface area contributed by atoms with E-state index in [1.54, 1.807) is 30.2 Å². The van der Waals surface area contributed by atoms with Crippen molar-refractivity contribution < 1.29 is 4.74 Å². The van der Waals surface area contributed by atoms with Crippen molar-refractivity contribution in [3.63, 3.8) is 0 Å². The first-order valence-corrected chi connectivity index (χ1v) is 11.3. The molecule has 0 aliphatic heterocycles. The summed E-state index contributed by atoms with van der Waals surface area (Å²) < 4.78 is 7.41. The van der Waals surface area contributed by atoms with Crippen molar-refractivity contribution in [1.29, 1.82) is 0 Å². The molecule has 0 unspecified atom stereocenters. The van der Waals surface area contributed by atoms with E-state index >= 15 is 0 Å². The molecule has 0 aliphatic rings. The van der Waals surface area contributed by atoms with Crippen molar-refractivity contribution >= 4 is 23.1 Å². The summed E-state index contributed by atoms with van der Waals surface area (Å²) in [5, 5.41) is 13.0. The van der Waals surface area contributed by atoms with Gasteiger partial charge in [0, 0.05) is 30.2 Å². The van der Waals surface area contributed by atoms with Gasteiger partial charge in [-0.3, -0.25) is 4.57 Å². The summed E-state index contributed by atoms with van der Waals surface area (Å²) in [6.45, 7) is 1.33. The van der Waals surface area contributed by atoms with Crippen LogP contribution < -0.4 is 0 Å². The normalized spacial score (nSPS) is 11.1. The van der Waals surface area contributed by atoms with Crippen LogP contribution >= 0.6 is 23.1 Å². The Labute approximate surface area is 178 Å². The minimum absolute atomic E-state index is 0.614. The molecule has 0 aliphatic carbocycles. The van der Waals surface area contributed by atoms with Crippen LogP contribution in [0.25, 0.3) is 11.4 Å². The predicted octanol–water partition coefficient (Wildman–Crippen LogP) is 4.93. The molecule has 5 nitrogen and oxygen atoms in total. The van der Waals surface area contributed by atoms with Crippen molar-refractivity contribution in [2.24, 2.45) is 0 Å². The molecule has 0 saturated heterocycles. The van der Waals surface area contributed by atoms with Gasteiger partial charge >= 0.3 is 0 Å². The standard InChI is InChI=1S/C22H22N4OS2/c1-27-13-12-26-21(18-10-6-3-7-11-18)24-25-22(26)29-16-19-15-28-20(23-19)14-17-8-4-2-5-9-17/h2-11,15H,12-14,16H2,1H3. The van der Waals surface area contributed by atoms with Gasteiger partial charge in [0.15, 0.2) is 11.0 Å². The van der Waals surface area contributed by atoms with Crippen molar-refractivity contribution in [2.75, 3.05) is 13.7 Å². The van der Waals surface area contributed by atoms with Crippen LogP contribution in [0.4, 0.5) is 0 Å². The van der Waals surface area contributed by atoms with E-state index in [1.165, 1.54) is 5.56 Å². The lowest BCUT2D eigenvalue weighted by Crippen LogP contribution is -2.07. The summed E-state index contributed by atoms with van der Waals surface area (Å²) in [4.78, 5) is 4.79. The highest BCUT2D eigenvalue weighted by Crippen LogP contribution is 2.27. The fourth-order valence-electron chi connectivity index (χ4n) is 2.99. The quantitative estimate of drug-likeness (QED) is 0.358. The van der Waals surface area contributed by atoms with Gasteiger partial charge in [-0.25, -0.2) is 4.98 Å². The number of hydrogen-bond acceptors (Lipinski definition) is 6. The van der Waals surface area contributed by atoms with Crippen molar-refractivity contribution in [3.05, 3.63) is 82.3 Å². The van der Waals surface area contributed by atoms with Crippen LogP contribution in [0.15, 0.2) is 71.2 Å². The van der Waals surface area contributed by atoms with E-state index in [2.05, 4.69) is 56.5 Å². The first kappa shape index (κ1) is 19.8. The number of rotatable bonds is 9. The first-order chi connectivity index (χ1) is 14.3. The number of hydrogen-bond donors (Lipinski definition) is 0. The third-order valence-corrected chi connectivity index (χ3v) is 6.31. The second-order valence-electron chi connectivity index (χ2n) is 6.50. The van der Waals surface area contributed by atoms with Crippen LogP contribution in [0.5, 0.6) is 0 Å². The van der Waals surface area contributed by atoms with Gasteiger partial charge in [-0.1, -0.05) is 72.4 Å². The molecule has 0 atom stereocenters. The number of nitrogens with zero attached hydrogens (tertiary/aromatic N) is 4. The van der Waals surface area contributed by atoms with Crippen molar-refractivity contribution in [1.82, 2.24) is 19.7 Å². The first-order valence-electron chi connectivity index (χ1n) is 9.41. The second kappa shape index (κ2) is 9.82. The van der Waals surface area contributed by atoms with E-state index in [0.29, 0.717) is 13.2 Å². The molecule has 148 valence electrons. The Morgan fingerprint density at radius 2 is 1.76 bits per heavy atom. The lowest BCUT2D eigenvalue weighted by molar-refractivity contribution is 0.185. The maximum Gasteiger partial charge on any atom is 0.191 e. The van der Waals surface area contributed by atoms with Gasteiger partial charge in [-0.2, -0.15) is 0 Å². The minimum atomic E-state index is 0.614. The topological polar surface area (TPSA) is 52.8 Å². The molecule has 29 heavy (non-hydrogen) atoms. The average Bonchev–Trinajstić information content (AvgIpc) is 3.38. The molecule has 4 rings (SSSR count). The Hall–Kier alpha value is -2.48. The molecular weight excluding hydrogens is 400 g/mol. The highest BCUT2D eigenvalue weighted by molar-refractivity contribution is 7.98. The second-order valence-corrected chi connectivity index (χ2v) is 8.39. The zero-order valence-corrected chi connectivity index (χ0v) is 17.8. The fraction of sp³-hybridized carbons (Fsp3) is 0.227. The molecule has 0 spiro atoms. The summed E-state index contributed by atoms with van der Waals surface area (Å²) in [5.41, 5.74) is 3.42. The maximum absolute atomic E-state index is 5.29. The lowest BCUT2D eigenvalue weighted by atomic mass is 10.2. The number of methoxy groups -OCH3 is 1. The van der Waals surface area contributed by atoms with Crippen LogP contribution in [0, 0.1) is 0 Å². The Bertz CT molecular complexity index is 1030. The monoisotopic (exact) mass is 422 g/mol. The van der Waals surface area contributed by atoms with E-state index in [-0.39, 0.29) is 0 Å². The summed E-state index contributed by atoms with van der Waals surface area (Å²) >= 11 is 3.38. The van der Waals surface area contributed by atoms with Crippen LogP contribution in [-0.4, -0.2) is 33.5 Å². The summed E-state index contributed by atoms with van der Waals surface area (Å²) in [6, 6.07) is 20.6. The zero-order chi connectivity index (χ0) is 19.9. The third-order valence-electron chi connectivity index (χ3n) is 4.41. The molecule has 0 amide bonds. The van der Waals surface area contributed by atoms with Gasteiger partial charge in [0.25, 0.3) is 0 Å². The Morgan fingerprint density at radius 3 is 2.52 bits per heavy atom. The van der Waals surface area contributed by atoms with Gasteiger partial charge < -0.3 is 4.74 Å². The SMILES string of the molecule is COCCn1c(SCc2csc(Cc3ccccc3)n2)nnc1-c1ccccc1. The number of benzene rings is 2. The fourth-order valence-corrected chi connectivity index (χ4v) is 4.78. The average molecular weight is 423 g/mol.